The predicted molar refractivity (Wildman–Crippen MR) is 113 cm³/mol. The quantitative estimate of drug-likeness (QED) is 0.591. The third-order valence-electron chi connectivity index (χ3n) is 5.75. The van der Waals surface area contributed by atoms with E-state index in [0.29, 0.717) is 22.3 Å². The molecule has 1 aliphatic carbocycles. The van der Waals surface area contributed by atoms with Crippen molar-refractivity contribution in [2.45, 2.75) is 40.8 Å². The second-order valence-electron chi connectivity index (χ2n) is 7.34. The molecule has 0 bridgehead atoms. The topological polar surface area (TPSA) is 40.6 Å². The summed E-state index contributed by atoms with van der Waals surface area (Å²) in [6.07, 6.45) is 0. The number of hydrogen-bond acceptors (Lipinski definition) is 4. The highest BCUT2D eigenvalue weighted by atomic mass is 16.1. The van der Waals surface area contributed by atoms with Gasteiger partial charge in [-0.3, -0.25) is 19.4 Å². The van der Waals surface area contributed by atoms with Crippen LogP contribution >= 0.6 is 0 Å². The Morgan fingerprint density at radius 2 is 0.929 bits per heavy atom. The van der Waals surface area contributed by atoms with Crippen molar-refractivity contribution in [3.8, 4) is 0 Å². The van der Waals surface area contributed by atoms with Gasteiger partial charge in [-0.1, -0.05) is 39.8 Å². The van der Waals surface area contributed by atoms with Crippen molar-refractivity contribution in [2.75, 3.05) is 26.2 Å². The van der Waals surface area contributed by atoms with Crippen molar-refractivity contribution in [3.63, 3.8) is 0 Å². The van der Waals surface area contributed by atoms with E-state index in [9.17, 15) is 9.59 Å². The van der Waals surface area contributed by atoms with Crippen molar-refractivity contribution in [2.24, 2.45) is 0 Å². The molecule has 0 aliphatic heterocycles. The zero-order valence-electron chi connectivity index (χ0n) is 17.4. The zero-order valence-corrected chi connectivity index (χ0v) is 17.4. The van der Waals surface area contributed by atoms with Crippen LogP contribution in [0.2, 0.25) is 0 Å². The average molecular weight is 379 g/mol. The number of hydrogen-bond donors (Lipinski definition) is 0. The Morgan fingerprint density at radius 1 is 0.571 bits per heavy atom. The molecule has 0 heterocycles. The Morgan fingerprint density at radius 3 is 1.29 bits per heavy atom. The number of fused-ring (bicyclic) bond motifs is 2. The van der Waals surface area contributed by atoms with Gasteiger partial charge in [0.25, 0.3) is 0 Å². The fourth-order valence-corrected chi connectivity index (χ4v) is 3.85. The van der Waals surface area contributed by atoms with Crippen molar-refractivity contribution >= 4 is 11.6 Å². The SMILES string of the molecule is CCN(CC)Cc1ccc2c(c1)C(=O)c1cc(CN(CC)CC)ccc1C2=O. The number of ketones is 2. The Bertz CT molecular complexity index is 811. The summed E-state index contributed by atoms with van der Waals surface area (Å²) < 4.78 is 0. The first kappa shape index (κ1) is 20.4. The Labute approximate surface area is 168 Å². The molecule has 1 aliphatic rings. The molecule has 4 nitrogen and oxygen atoms in total. The molecule has 0 spiro atoms. The summed E-state index contributed by atoms with van der Waals surface area (Å²) in [6, 6.07) is 11.4. The van der Waals surface area contributed by atoms with Crippen LogP contribution in [0, 0.1) is 0 Å². The molecule has 2 aromatic rings. The second-order valence-corrected chi connectivity index (χ2v) is 7.34. The largest absolute Gasteiger partial charge is 0.300 e. The average Bonchev–Trinajstić information content (AvgIpc) is 2.73. The van der Waals surface area contributed by atoms with Gasteiger partial charge in [0.15, 0.2) is 11.6 Å². The normalized spacial score (nSPS) is 13.2. The number of carbonyl (C=O) groups is 2. The smallest absolute Gasteiger partial charge is 0.194 e. The zero-order chi connectivity index (χ0) is 20.3. The molecule has 0 fully saturated rings. The van der Waals surface area contributed by atoms with Crippen LogP contribution in [-0.2, 0) is 13.1 Å². The fraction of sp³-hybridized carbons (Fsp3) is 0.417. The van der Waals surface area contributed by atoms with Crippen LogP contribution in [0.25, 0.3) is 0 Å². The summed E-state index contributed by atoms with van der Waals surface area (Å²) in [6.45, 7) is 13.9. The van der Waals surface area contributed by atoms with Gasteiger partial charge in [0.1, 0.15) is 0 Å². The van der Waals surface area contributed by atoms with Gasteiger partial charge in [0, 0.05) is 35.3 Å². The van der Waals surface area contributed by atoms with Crippen LogP contribution < -0.4 is 0 Å². The molecule has 0 radical (unpaired) electrons. The molecule has 0 N–H and O–H groups in total. The summed E-state index contributed by atoms with van der Waals surface area (Å²) in [5.41, 5.74) is 4.29. The Balaban J connectivity index is 1.95. The lowest BCUT2D eigenvalue weighted by atomic mass is 9.82. The van der Waals surface area contributed by atoms with Crippen molar-refractivity contribution in [1.82, 2.24) is 9.80 Å². The first-order valence-electron chi connectivity index (χ1n) is 10.3. The number of benzene rings is 2. The van der Waals surface area contributed by atoms with E-state index in [1.165, 1.54) is 0 Å². The highest BCUT2D eigenvalue weighted by Gasteiger charge is 2.30. The maximum atomic E-state index is 13.2. The predicted octanol–water partition coefficient (Wildman–Crippen LogP) is 4.15. The molecule has 0 saturated heterocycles. The maximum Gasteiger partial charge on any atom is 0.194 e. The molecule has 0 amide bonds. The number of nitrogens with zero attached hydrogens (tertiary/aromatic N) is 2. The minimum absolute atomic E-state index is 0.0348. The van der Waals surface area contributed by atoms with E-state index in [-0.39, 0.29) is 11.6 Å². The molecular weight excluding hydrogens is 348 g/mol. The third-order valence-corrected chi connectivity index (χ3v) is 5.75. The van der Waals surface area contributed by atoms with Crippen LogP contribution in [-0.4, -0.2) is 47.5 Å². The van der Waals surface area contributed by atoms with Gasteiger partial charge in [0.05, 0.1) is 0 Å². The standard InChI is InChI=1S/C24H30N2O2/c1-5-25(6-2)15-17-9-11-19-21(13-17)24(28)22-14-18(16-26(7-3)8-4)10-12-20(22)23(19)27/h9-14H,5-8,15-16H2,1-4H3. The summed E-state index contributed by atoms with van der Waals surface area (Å²) in [5, 5.41) is 0. The van der Waals surface area contributed by atoms with E-state index in [1.807, 2.05) is 36.4 Å². The van der Waals surface area contributed by atoms with E-state index >= 15 is 0 Å². The minimum atomic E-state index is -0.0478. The molecule has 148 valence electrons. The first-order chi connectivity index (χ1) is 13.5. The van der Waals surface area contributed by atoms with E-state index < -0.39 is 0 Å². The number of rotatable bonds is 8. The Hall–Kier alpha value is -2.30. The van der Waals surface area contributed by atoms with E-state index in [0.717, 1.165) is 50.4 Å². The van der Waals surface area contributed by atoms with Gasteiger partial charge < -0.3 is 0 Å². The van der Waals surface area contributed by atoms with Crippen molar-refractivity contribution in [1.29, 1.82) is 0 Å². The highest BCUT2D eigenvalue weighted by molar-refractivity contribution is 6.28. The van der Waals surface area contributed by atoms with Crippen LogP contribution in [0.4, 0.5) is 0 Å². The van der Waals surface area contributed by atoms with E-state index in [2.05, 4.69) is 37.5 Å². The van der Waals surface area contributed by atoms with Crippen molar-refractivity contribution in [3.05, 3.63) is 69.8 Å². The van der Waals surface area contributed by atoms with Gasteiger partial charge in [-0.25, -0.2) is 0 Å². The molecule has 0 atom stereocenters. The van der Waals surface area contributed by atoms with Gasteiger partial charge >= 0.3 is 0 Å². The maximum absolute atomic E-state index is 13.2. The molecule has 4 heteroatoms. The van der Waals surface area contributed by atoms with Crippen molar-refractivity contribution < 1.29 is 9.59 Å². The van der Waals surface area contributed by atoms with Gasteiger partial charge in [-0.05, 0) is 61.6 Å². The van der Waals surface area contributed by atoms with E-state index in [4.69, 9.17) is 0 Å². The molecule has 0 saturated carbocycles. The van der Waals surface area contributed by atoms with E-state index in [1.54, 1.807) is 0 Å². The lowest BCUT2D eigenvalue weighted by Gasteiger charge is -2.23. The second kappa shape index (κ2) is 8.80. The summed E-state index contributed by atoms with van der Waals surface area (Å²) >= 11 is 0. The molecule has 3 rings (SSSR count). The van der Waals surface area contributed by atoms with Gasteiger partial charge in [0.2, 0.25) is 0 Å². The number of carbonyl (C=O) groups excluding carboxylic acids is 2. The molecule has 0 unspecified atom stereocenters. The van der Waals surface area contributed by atoms with Crippen LogP contribution in [0.15, 0.2) is 36.4 Å². The highest BCUT2D eigenvalue weighted by Crippen LogP contribution is 2.29. The van der Waals surface area contributed by atoms with Crippen LogP contribution in [0.5, 0.6) is 0 Å². The summed E-state index contributed by atoms with van der Waals surface area (Å²) in [4.78, 5) is 30.8. The first-order valence-corrected chi connectivity index (χ1v) is 10.3. The molecule has 0 aromatic heterocycles. The molecular formula is C24H30N2O2. The van der Waals surface area contributed by atoms with Crippen LogP contribution in [0.1, 0.15) is 70.7 Å². The lowest BCUT2D eigenvalue weighted by Crippen LogP contribution is -2.25. The summed E-state index contributed by atoms with van der Waals surface area (Å²) in [7, 11) is 0. The minimum Gasteiger partial charge on any atom is -0.300 e. The van der Waals surface area contributed by atoms with Crippen LogP contribution in [0.3, 0.4) is 0 Å². The Kier molecular flexibility index (Phi) is 6.42. The molecule has 28 heavy (non-hydrogen) atoms. The fourth-order valence-electron chi connectivity index (χ4n) is 3.85. The van der Waals surface area contributed by atoms with Gasteiger partial charge in [-0.15, -0.1) is 0 Å². The third kappa shape index (κ3) is 3.94. The molecule has 2 aromatic carbocycles. The lowest BCUT2D eigenvalue weighted by molar-refractivity contribution is 0.0979. The van der Waals surface area contributed by atoms with Gasteiger partial charge in [-0.2, -0.15) is 0 Å². The monoisotopic (exact) mass is 378 g/mol. The summed E-state index contributed by atoms with van der Waals surface area (Å²) in [5.74, 6) is -0.0826.